The fraction of sp³-hybridized carbons (Fsp3) is 0.400. The van der Waals surface area contributed by atoms with Gasteiger partial charge in [0.15, 0.2) is 0 Å². The highest BCUT2D eigenvalue weighted by Gasteiger charge is 2.12. The fourth-order valence-electron chi connectivity index (χ4n) is 2.35. The molecule has 0 bridgehead atoms. The largest absolute Gasteiger partial charge is 0.497 e. The molecule has 0 atom stereocenters. The van der Waals surface area contributed by atoms with Crippen LogP contribution >= 0.6 is 11.8 Å². The summed E-state index contributed by atoms with van der Waals surface area (Å²) in [6, 6.07) is 15.5. The van der Waals surface area contributed by atoms with Crippen LogP contribution in [0, 0.1) is 0 Å². The van der Waals surface area contributed by atoms with E-state index in [1.54, 1.807) is 18.9 Å². The van der Waals surface area contributed by atoms with Gasteiger partial charge >= 0.3 is 0 Å². The van der Waals surface area contributed by atoms with Gasteiger partial charge in [0.2, 0.25) is 0 Å². The molecule has 0 heterocycles. The number of nitrogens with one attached hydrogen (secondary N) is 2. The predicted molar refractivity (Wildman–Crippen MR) is 119 cm³/mol. The molecule has 0 radical (unpaired) electrons. The summed E-state index contributed by atoms with van der Waals surface area (Å²) in [5.41, 5.74) is 5.83. The number of ether oxygens (including phenoxy) is 2. The molecule has 2 aromatic rings. The van der Waals surface area contributed by atoms with Crippen LogP contribution < -0.4 is 21.3 Å². The average Bonchev–Trinajstić information content (AvgIpc) is 2.66. The monoisotopic (exact) mass is 405 g/mol. The molecule has 0 saturated heterocycles. The maximum Gasteiger partial charge on any atom is 0.118 e. The van der Waals surface area contributed by atoms with Crippen LogP contribution in [0.2, 0.25) is 25.7 Å². The molecule has 0 amide bonds. The van der Waals surface area contributed by atoms with Gasteiger partial charge in [-0.05, 0) is 41.9 Å². The lowest BCUT2D eigenvalue weighted by atomic mass is 10.2. The van der Waals surface area contributed by atoms with Gasteiger partial charge in [-0.25, -0.2) is 0 Å². The first-order chi connectivity index (χ1) is 12.9. The number of hydrogen-bond acceptors (Lipinski definition) is 6. The quantitative estimate of drug-likeness (QED) is 0.122. The van der Waals surface area contributed by atoms with Crippen molar-refractivity contribution in [2.75, 3.05) is 31.2 Å². The summed E-state index contributed by atoms with van der Waals surface area (Å²) >= 11 is 1.77. The Bertz CT molecular complexity index is 705. The van der Waals surface area contributed by atoms with E-state index in [0.717, 1.165) is 40.4 Å². The predicted octanol–water partition coefficient (Wildman–Crippen LogP) is 5.00. The molecule has 0 aromatic heterocycles. The van der Waals surface area contributed by atoms with Gasteiger partial charge in [-0.1, -0.05) is 31.8 Å². The molecule has 4 N–H and O–H groups in total. The maximum atomic E-state index is 5.71. The Morgan fingerprint density at radius 1 is 1.04 bits per heavy atom. The van der Waals surface area contributed by atoms with Crippen LogP contribution in [-0.2, 0) is 10.5 Å². The Morgan fingerprint density at radius 2 is 1.78 bits per heavy atom. The second-order valence-corrected chi connectivity index (χ2v) is 14.2. The number of hydrazine groups is 1. The summed E-state index contributed by atoms with van der Waals surface area (Å²) in [5, 5.41) is 3.29. The third-order valence-electron chi connectivity index (χ3n) is 4.07. The van der Waals surface area contributed by atoms with Gasteiger partial charge in [-0.3, -0.25) is 5.84 Å². The lowest BCUT2D eigenvalue weighted by Gasteiger charge is -2.17. The molecule has 5 nitrogen and oxygen atoms in total. The van der Waals surface area contributed by atoms with Crippen LogP contribution in [0.3, 0.4) is 0 Å². The van der Waals surface area contributed by atoms with Crippen molar-refractivity contribution >= 4 is 31.2 Å². The third-order valence-corrected chi connectivity index (χ3v) is 6.84. The molecule has 27 heavy (non-hydrogen) atoms. The van der Waals surface area contributed by atoms with Gasteiger partial charge in [0.05, 0.1) is 18.5 Å². The number of anilines is 2. The minimum absolute atomic E-state index is 0.484. The highest BCUT2D eigenvalue weighted by atomic mass is 32.2. The number of hydrogen-bond donors (Lipinski definition) is 3. The van der Waals surface area contributed by atoms with Crippen LogP contribution in [0.1, 0.15) is 5.56 Å². The summed E-state index contributed by atoms with van der Waals surface area (Å²) in [6.07, 6.45) is 0. The number of benzene rings is 2. The Hall–Kier alpha value is -1.67. The van der Waals surface area contributed by atoms with E-state index in [0.29, 0.717) is 6.73 Å². The summed E-state index contributed by atoms with van der Waals surface area (Å²) in [7, 11) is 0.629. The van der Waals surface area contributed by atoms with Crippen LogP contribution in [0.25, 0.3) is 0 Å². The first-order valence-corrected chi connectivity index (χ1v) is 13.8. The van der Waals surface area contributed by atoms with Gasteiger partial charge < -0.3 is 20.2 Å². The van der Waals surface area contributed by atoms with E-state index in [1.807, 2.05) is 18.2 Å². The zero-order valence-corrected chi connectivity index (χ0v) is 18.5. The second-order valence-electron chi connectivity index (χ2n) is 7.53. The number of nitrogen functional groups attached to an aromatic ring is 1. The second kappa shape index (κ2) is 10.6. The zero-order chi connectivity index (χ0) is 19.7. The fourth-order valence-corrected chi connectivity index (χ4v) is 4.00. The number of thioether (sulfide) groups is 1. The minimum Gasteiger partial charge on any atom is -0.497 e. The van der Waals surface area contributed by atoms with Crippen molar-refractivity contribution in [1.29, 1.82) is 0 Å². The summed E-state index contributed by atoms with van der Waals surface area (Å²) < 4.78 is 10.9. The number of nitrogens with two attached hydrogens (primary N) is 1. The molecular formula is C20H31N3O2SSi. The van der Waals surface area contributed by atoms with E-state index in [1.165, 1.54) is 5.56 Å². The van der Waals surface area contributed by atoms with Crippen LogP contribution in [0.15, 0.2) is 47.4 Å². The lowest BCUT2D eigenvalue weighted by molar-refractivity contribution is 0.166. The molecule has 0 spiro atoms. The summed E-state index contributed by atoms with van der Waals surface area (Å²) in [5.74, 6) is 7.46. The molecular weight excluding hydrogens is 374 g/mol. The van der Waals surface area contributed by atoms with Crippen molar-refractivity contribution in [2.45, 2.75) is 36.3 Å². The van der Waals surface area contributed by atoms with Crippen molar-refractivity contribution in [1.82, 2.24) is 0 Å². The van der Waals surface area contributed by atoms with Gasteiger partial charge in [-0.2, -0.15) is 0 Å². The van der Waals surface area contributed by atoms with Gasteiger partial charge in [0.25, 0.3) is 0 Å². The minimum atomic E-state index is -1.05. The lowest BCUT2D eigenvalue weighted by Crippen LogP contribution is -2.22. The molecule has 0 aliphatic heterocycles. The van der Waals surface area contributed by atoms with E-state index in [2.05, 4.69) is 54.6 Å². The molecule has 0 aliphatic rings. The molecule has 0 aliphatic carbocycles. The van der Waals surface area contributed by atoms with E-state index >= 15 is 0 Å². The van der Waals surface area contributed by atoms with Crippen molar-refractivity contribution in [2.24, 2.45) is 5.84 Å². The van der Waals surface area contributed by atoms with E-state index in [-0.39, 0.29) is 0 Å². The van der Waals surface area contributed by atoms with E-state index in [9.17, 15) is 0 Å². The first-order valence-electron chi connectivity index (χ1n) is 9.09. The molecule has 2 aromatic carbocycles. The number of methoxy groups -OCH3 is 1. The molecule has 2 rings (SSSR count). The van der Waals surface area contributed by atoms with E-state index in [4.69, 9.17) is 15.3 Å². The molecule has 0 unspecified atom stereocenters. The molecule has 0 fully saturated rings. The number of rotatable bonds is 11. The summed E-state index contributed by atoms with van der Waals surface area (Å²) in [4.78, 5) is 1.16. The first kappa shape index (κ1) is 21.6. The average molecular weight is 406 g/mol. The Morgan fingerprint density at radius 3 is 2.41 bits per heavy atom. The van der Waals surface area contributed by atoms with Crippen LogP contribution in [0.5, 0.6) is 5.75 Å². The normalized spacial score (nSPS) is 11.3. The van der Waals surface area contributed by atoms with Crippen LogP contribution in [-0.4, -0.2) is 28.5 Å². The van der Waals surface area contributed by atoms with Crippen molar-refractivity contribution < 1.29 is 9.47 Å². The van der Waals surface area contributed by atoms with E-state index < -0.39 is 8.07 Å². The summed E-state index contributed by atoms with van der Waals surface area (Å²) in [6.45, 7) is 8.33. The smallest absolute Gasteiger partial charge is 0.118 e. The third kappa shape index (κ3) is 7.84. The zero-order valence-electron chi connectivity index (χ0n) is 16.7. The SMILES string of the molecule is COc1ccc(CSc2ccc(NCOCC[Si](C)(C)C)c(NN)c2)cc1. The van der Waals surface area contributed by atoms with Crippen molar-refractivity contribution in [3.05, 3.63) is 48.0 Å². The highest BCUT2D eigenvalue weighted by Crippen LogP contribution is 2.30. The van der Waals surface area contributed by atoms with Gasteiger partial charge in [0.1, 0.15) is 12.5 Å². The molecule has 0 saturated carbocycles. The van der Waals surface area contributed by atoms with Gasteiger partial charge in [0, 0.05) is 25.3 Å². The Kier molecular flexibility index (Phi) is 8.50. The Labute approximate surface area is 168 Å². The Balaban J connectivity index is 1.85. The standard InChI is InChI=1S/C20H31N3O2SSi/c1-24-17-7-5-16(6-8-17)14-26-18-9-10-19(20(13-18)23-21)22-15-25-11-12-27(2,3)4/h5-10,13,22-23H,11-12,14-15,21H2,1-4H3. The molecule has 148 valence electrons. The van der Waals surface area contributed by atoms with Crippen molar-refractivity contribution in [3.8, 4) is 5.75 Å². The van der Waals surface area contributed by atoms with Crippen LogP contribution in [0.4, 0.5) is 11.4 Å². The maximum absolute atomic E-state index is 5.71. The highest BCUT2D eigenvalue weighted by molar-refractivity contribution is 7.98. The van der Waals surface area contributed by atoms with Crippen molar-refractivity contribution in [3.63, 3.8) is 0 Å². The van der Waals surface area contributed by atoms with Gasteiger partial charge in [-0.15, -0.1) is 11.8 Å². The topological polar surface area (TPSA) is 68.5 Å². The molecule has 7 heteroatoms.